The van der Waals surface area contributed by atoms with E-state index in [2.05, 4.69) is 0 Å². The van der Waals surface area contributed by atoms with Crippen molar-refractivity contribution in [3.8, 4) is 0 Å². The third kappa shape index (κ3) is 6.99. The summed E-state index contributed by atoms with van der Waals surface area (Å²) in [6.45, 7) is 4.00. The van der Waals surface area contributed by atoms with Gasteiger partial charge in [0.1, 0.15) is 12.4 Å². The van der Waals surface area contributed by atoms with E-state index in [-0.39, 0.29) is 12.1 Å². The SMILES string of the molecule is COC1CCC(OC(=O)c2ccc(C)cc2)CC1.Cc1ccc(C=O)cc1. The maximum absolute atomic E-state index is 11.9. The third-order valence-electron chi connectivity index (χ3n) is 4.73. The van der Waals surface area contributed by atoms with Crippen LogP contribution in [0.1, 0.15) is 57.5 Å². The van der Waals surface area contributed by atoms with Gasteiger partial charge in [-0.1, -0.05) is 47.5 Å². The molecule has 2 aromatic carbocycles. The Hall–Kier alpha value is -2.46. The molecule has 0 aliphatic heterocycles. The standard InChI is InChI=1S/C15H20O3.C8H8O/c1-11-3-5-12(6-4-11)15(16)18-14-9-7-13(17-2)8-10-14;1-7-2-4-8(6-9)5-3-7/h3-6,13-14H,7-10H2,1-2H3;2-6H,1H3. The van der Waals surface area contributed by atoms with E-state index in [1.165, 1.54) is 5.56 Å². The van der Waals surface area contributed by atoms with Gasteiger partial charge in [-0.15, -0.1) is 0 Å². The highest BCUT2D eigenvalue weighted by atomic mass is 16.5. The molecule has 0 spiro atoms. The molecule has 0 aromatic heterocycles. The Balaban J connectivity index is 0.000000244. The molecule has 1 saturated carbocycles. The molecule has 0 heterocycles. The molecular weight excluding hydrogens is 340 g/mol. The van der Waals surface area contributed by atoms with Gasteiger partial charge < -0.3 is 9.47 Å². The van der Waals surface area contributed by atoms with Crippen LogP contribution in [0.5, 0.6) is 0 Å². The number of rotatable bonds is 4. The molecule has 0 amide bonds. The Bertz CT molecular complexity index is 711. The maximum Gasteiger partial charge on any atom is 0.338 e. The lowest BCUT2D eigenvalue weighted by molar-refractivity contribution is -0.00540. The summed E-state index contributed by atoms with van der Waals surface area (Å²) in [7, 11) is 1.74. The van der Waals surface area contributed by atoms with Crippen LogP contribution < -0.4 is 0 Å². The first-order valence-corrected chi connectivity index (χ1v) is 9.34. The summed E-state index contributed by atoms with van der Waals surface area (Å²) < 4.78 is 10.8. The molecule has 0 bridgehead atoms. The molecule has 1 aliphatic rings. The Morgan fingerprint density at radius 2 is 1.33 bits per heavy atom. The number of ether oxygens (including phenoxy) is 2. The first-order valence-electron chi connectivity index (χ1n) is 9.34. The monoisotopic (exact) mass is 368 g/mol. The van der Waals surface area contributed by atoms with Crippen LogP contribution in [0.3, 0.4) is 0 Å². The zero-order valence-corrected chi connectivity index (χ0v) is 16.3. The number of aryl methyl sites for hydroxylation is 2. The summed E-state index contributed by atoms with van der Waals surface area (Å²) in [5, 5.41) is 0. The minimum Gasteiger partial charge on any atom is -0.459 e. The number of carbonyl (C=O) groups is 2. The van der Waals surface area contributed by atoms with Gasteiger partial charge in [0.2, 0.25) is 0 Å². The van der Waals surface area contributed by atoms with Gasteiger partial charge in [0.15, 0.2) is 0 Å². The van der Waals surface area contributed by atoms with Crippen LogP contribution in [0.4, 0.5) is 0 Å². The van der Waals surface area contributed by atoms with Gasteiger partial charge in [0, 0.05) is 12.7 Å². The summed E-state index contributed by atoms with van der Waals surface area (Å²) in [4.78, 5) is 22.0. The second-order valence-electron chi connectivity index (χ2n) is 6.93. The van der Waals surface area contributed by atoms with Crippen molar-refractivity contribution in [1.29, 1.82) is 0 Å². The lowest BCUT2D eigenvalue weighted by Crippen LogP contribution is -2.27. The fraction of sp³-hybridized carbons (Fsp3) is 0.391. The van der Waals surface area contributed by atoms with Gasteiger partial charge in [0.05, 0.1) is 11.7 Å². The van der Waals surface area contributed by atoms with Crippen molar-refractivity contribution in [2.75, 3.05) is 7.11 Å². The Labute approximate surface area is 161 Å². The van der Waals surface area contributed by atoms with Gasteiger partial charge in [-0.25, -0.2) is 4.79 Å². The van der Waals surface area contributed by atoms with Gasteiger partial charge in [-0.05, 0) is 51.7 Å². The minimum absolute atomic E-state index is 0.0465. The number of benzene rings is 2. The number of aldehydes is 1. The van der Waals surface area contributed by atoms with Crippen LogP contribution in [-0.4, -0.2) is 31.6 Å². The van der Waals surface area contributed by atoms with Crippen LogP contribution in [-0.2, 0) is 9.47 Å². The first kappa shape index (κ1) is 20.8. The maximum atomic E-state index is 11.9. The number of hydrogen-bond donors (Lipinski definition) is 0. The van der Waals surface area contributed by atoms with Crippen molar-refractivity contribution < 1.29 is 19.1 Å². The van der Waals surface area contributed by atoms with Gasteiger partial charge in [-0.2, -0.15) is 0 Å². The Kier molecular flexibility index (Phi) is 8.21. The number of methoxy groups -OCH3 is 1. The quantitative estimate of drug-likeness (QED) is 0.568. The Morgan fingerprint density at radius 3 is 1.81 bits per heavy atom. The van der Waals surface area contributed by atoms with Gasteiger partial charge in [-0.3, -0.25) is 4.79 Å². The van der Waals surface area contributed by atoms with E-state index >= 15 is 0 Å². The van der Waals surface area contributed by atoms with E-state index in [4.69, 9.17) is 9.47 Å². The molecule has 27 heavy (non-hydrogen) atoms. The fourth-order valence-electron chi connectivity index (χ4n) is 2.94. The summed E-state index contributed by atoms with van der Waals surface area (Å²) in [6.07, 6.45) is 4.97. The number of carbonyl (C=O) groups excluding carboxylic acids is 2. The molecule has 4 nitrogen and oxygen atoms in total. The molecule has 4 heteroatoms. The predicted molar refractivity (Wildman–Crippen MR) is 106 cm³/mol. The van der Waals surface area contributed by atoms with E-state index in [0.29, 0.717) is 11.7 Å². The minimum atomic E-state index is -0.212. The topological polar surface area (TPSA) is 52.6 Å². The van der Waals surface area contributed by atoms with Crippen molar-refractivity contribution in [1.82, 2.24) is 0 Å². The average Bonchev–Trinajstić information content (AvgIpc) is 2.70. The molecule has 0 saturated heterocycles. The normalized spacial score (nSPS) is 18.8. The molecule has 3 rings (SSSR count). The highest BCUT2D eigenvalue weighted by molar-refractivity contribution is 5.89. The van der Waals surface area contributed by atoms with Gasteiger partial charge in [0.25, 0.3) is 0 Å². The molecule has 0 radical (unpaired) electrons. The summed E-state index contributed by atoms with van der Waals surface area (Å²) in [6, 6.07) is 15.0. The van der Waals surface area contributed by atoms with Gasteiger partial charge >= 0.3 is 5.97 Å². The summed E-state index contributed by atoms with van der Waals surface area (Å²) in [5.41, 5.74) is 3.70. The molecule has 144 valence electrons. The zero-order valence-electron chi connectivity index (χ0n) is 16.3. The first-order chi connectivity index (χ1) is 13.0. The van der Waals surface area contributed by atoms with Crippen LogP contribution >= 0.6 is 0 Å². The summed E-state index contributed by atoms with van der Waals surface area (Å²) >= 11 is 0. The van der Waals surface area contributed by atoms with Crippen molar-refractivity contribution in [3.05, 3.63) is 70.8 Å². The van der Waals surface area contributed by atoms with Crippen LogP contribution in [0, 0.1) is 13.8 Å². The summed E-state index contributed by atoms with van der Waals surface area (Å²) in [5.74, 6) is -0.212. The average molecular weight is 368 g/mol. The van der Waals surface area contributed by atoms with Crippen LogP contribution in [0.2, 0.25) is 0 Å². The van der Waals surface area contributed by atoms with E-state index in [0.717, 1.165) is 43.1 Å². The van der Waals surface area contributed by atoms with E-state index < -0.39 is 0 Å². The van der Waals surface area contributed by atoms with E-state index in [9.17, 15) is 9.59 Å². The fourth-order valence-corrected chi connectivity index (χ4v) is 2.94. The van der Waals surface area contributed by atoms with Crippen LogP contribution in [0.25, 0.3) is 0 Å². The molecular formula is C23H28O4. The highest BCUT2D eigenvalue weighted by Gasteiger charge is 2.24. The lowest BCUT2D eigenvalue weighted by Gasteiger charge is -2.27. The van der Waals surface area contributed by atoms with Crippen molar-refractivity contribution >= 4 is 12.3 Å². The van der Waals surface area contributed by atoms with Crippen LogP contribution in [0.15, 0.2) is 48.5 Å². The van der Waals surface area contributed by atoms with Crippen molar-refractivity contribution in [2.45, 2.75) is 51.7 Å². The molecule has 0 unspecified atom stereocenters. The third-order valence-corrected chi connectivity index (χ3v) is 4.73. The Morgan fingerprint density at radius 1 is 0.852 bits per heavy atom. The number of hydrogen-bond acceptors (Lipinski definition) is 4. The second-order valence-corrected chi connectivity index (χ2v) is 6.93. The molecule has 0 N–H and O–H groups in total. The molecule has 0 atom stereocenters. The number of esters is 1. The second kappa shape index (κ2) is 10.6. The largest absolute Gasteiger partial charge is 0.459 e. The lowest BCUT2D eigenvalue weighted by atomic mass is 9.95. The smallest absolute Gasteiger partial charge is 0.338 e. The van der Waals surface area contributed by atoms with Crippen molar-refractivity contribution in [2.24, 2.45) is 0 Å². The zero-order chi connectivity index (χ0) is 19.6. The highest BCUT2D eigenvalue weighted by Crippen LogP contribution is 2.23. The molecule has 2 aromatic rings. The van der Waals surface area contributed by atoms with E-state index in [1.807, 2.05) is 62.4 Å². The molecule has 1 aliphatic carbocycles. The van der Waals surface area contributed by atoms with E-state index in [1.54, 1.807) is 7.11 Å². The van der Waals surface area contributed by atoms with Crippen molar-refractivity contribution in [3.63, 3.8) is 0 Å². The predicted octanol–water partition coefficient (Wildman–Crippen LogP) is 4.92. The molecule has 1 fully saturated rings.